The van der Waals surface area contributed by atoms with Gasteiger partial charge in [0, 0.05) is 23.9 Å². The van der Waals surface area contributed by atoms with Gasteiger partial charge >= 0.3 is 12.1 Å². The van der Waals surface area contributed by atoms with Gasteiger partial charge in [0.1, 0.15) is 4.21 Å². The number of aromatic nitrogens is 4. The van der Waals surface area contributed by atoms with Crippen LogP contribution in [0, 0.1) is 0 Å². The highest BCUT2D eigenvalue weighted by Gasteiger charge is 2.38. The van der Waals surface area contributed by atoms with Crippen molar-refractivity contribution >= 4 is 33.0 Å². The van der Waals surface area contributed by atoms with Crippen LogP contribution in [0.5, 0.6) is 0 Å². The highest BCUT2D eigenvalue weighted by Crippen LogP contribution is 2.29. The fraction of sp³-hybridized carbons (Fsp3) is 0.118. The van der Waals surface area contributed by atoms with E-state index in [2.05, 4.69) is 24.5 Å². The van der Waals surface area contributed by atoms with Crippen molar-refractivity contribution in [3.63, 3.8) is 0 Å². The Morgan fingerprint density at radius 2 is 1.90 bits per heavy atom. The monoisotopic (exact) mass is 489 g/mol. The molecule has 0 saturated heterocycles. The van der Waals surface area contributed by atoms with Crippen LogP contribution in [-0.2, 0) is 22.7 Å². The lowest BCUT2D eigenvalue weighted by atomic mass is 10.2. The minimum atomic E-state index is -4.71. The first-order valence-corrected chi connectivity index (χ1v) is 11.1. The predicted octanol–water partition coefficient (Wildman–Crippen LogP) is 4.13. The van der Waals surface area contributed by atoms with Crippen LogP contribution < -0.4 is 4.72 Å². The third kappa shape index (κ3) is 4.79. The smallest absolute Gasteiger partial charge is 0.329 e. The second-order valence-electron chi connectivity index (χ2n) is 6.14. The molecule has 0 fully saturated rings. The average molecular weight is 490 g/mol. The maximum absolute atomic E-state index is 12.6. The first-order valence-electron chi connectivity index (χ1n) is 8.42. The molecule has 3 aromatic heterocycles. The van der Waals surface area contributed by atoms with Gasteiger partial charge in [0.05, 0.1) is 16.2 Å². The van der Waals surface area contributed by atoms with Crippen molar-refractivity contribution in [1.29, 1.82) is 0 Å². The van der Waals surface area contributed by atoms with E-state index in [1.807, 2.05) is 0 Å². The van der Waals surface area contributed by atoms with E-state index < -0.39 is 22.1 Å². The molecule has 0 unspecified atom stereocenters. The molecule has 1 N–H and O–H groups in total. The number of thiophene rings is 1. The van der Waals surface area contributed by atoms with Crippen LogP contribution in [0.4, 0.5) is 13.2 Å². The Morgan fingerprint density at radius 3 is 2.52 bits per heavy atom. The molecule has 8 nitrogen and oxygen atoms in total. The van der Waals surface area contributed by atoms with Crippen LogP contribution in [0.25, 0.3) is 17.1 Å². The molecule has 4 aromatic rings. The number of nitrogens with one attached hydrogen (secondary N) is 1. The molecule has 162 valence electrons. The van der Waals surface area contributed by atoms with Crippen molar-refractivity contribution in [2.45, 2.75) is 16.9 Å². The standard InChI is InChI=1S/C17H11ClF3N5O3S2/c18-13-5-6-14(30-13)31(27,28)23-8-10-7-22-26(9-10)12-3-1-11(2-4-12)15-24-16(29-25-15)17(19,20)21/h1-7,9,23H,8H2. The molecule has 0 amide bonds. The molecule has 0 atom stereocenters. The molecule has 0 spiro atoms. The van der Waals surface area contributed by atoms with Crippen molar-refractivity contribution in [3.05, 3.63) is 64.6 Å². The van der Waals surface area contributed by atoms with E-state index in [-0.39, 0.29) is 16.6 Å². The average Bonchev–Trinajstić information content (AvgIpc) is 3.46. The maximum Gasteiger partial charge on any atom is 0.471 e. The lowest BCUT2D eigenvalue weighted by Crippen LogP contribution is -2.22. The zero-order valence-electron chi connectivity index (χ0n) is 15.2. The molecule has 0 bridgehead atoms. The van der Waals surface area contributed by atoms with Crippen molar-refractivity contribution in [3.8, 4) is 17.1 Å². The van der Waals surface area contributed by atoms with Crippen molar-refractivity contribution < 1.29 is 26.1 Å². The van der Waals surface area contributed by atoms with Gasteiger partial charge in [-0.1, -0.05) is 16.8 Å². The number of alkyl halides is 3. The lowest BCUT2D eigenvalue weighted by Gasteiger charge is -2.03. The predicted molar refractivity (Wildman–Crippen MR) is 105 cm³/mol. The lowest BCUT2D eigenvalue weighted by molar-refractivity contribution is -0.159. The Morgan fingerprint density at radius 1 is 1.16 bits per heavy atom. The first-order chi connectivity index (χ1) is 14.6. The summed E-state index contributed by atoms with van der Waals surface area (Å²) in [7, 11) is -3.69. The normalized spacial score (nSPS) is 12.4. The summed E-state index contributed by atoms with van der Waals surface area (Å²) in [5.41, 5.74) is 1.53. The highest BCUT2D eigenvalue weighted by molar-refractivity contribution is 7.91. The number of hydrogen-bond donors (Lipinski definition) is 1. The summed E-state index contributed by atoms with van der Waals surface area (Å²) in [6.07, 6.45) is -1.60. The Labute approximate surface area is 182 Å². The Kier molecular flexibility index (Phi) is 5.60. The SMILES string of the molecule is O=S(=O)(NCc1cnn(-c2ccc(-c3noc(C(F)(F)F)n3)cc2)c1)c1ccc(Cl)s1. The third-order valence-corrected chi connectivity index (χ3v) is 7.10. The van der Waals surface area contributed by atoms with Gasteiger partial charge in [-0.15, -0.1) is 11.3 Å². The van der Waals surface area contributed by atoms with E-state index in [1.165, 1.54) is 35.1 Å². The molecule has 4 rings (SSSR count). The van der Waals surface area contributed by atoms with Gasteiger partial charge in [-0.3, -0.25) is 0 Å². The molecular formula is C17H11ClF3N5O3S2. The Bertz CT molecular complexity index is 1310. The minimum absolute atomic E-state index is 0.0129. The maximum atomic E-state index is 12.6. The van der Waals surface area contributed by atoms with E-state index in [0.29, 0.717) is 21.2 Å². The van der Waals surface area contributed by atoms with Gasteiger partial charge in [-0.2, -0.15) is 23.3 Å². The Hall–Kier alpha value is -2.74. The third-order valence-electron chi connectivity index (χ3n) is 3.97. The minimum Gasteiger partial charge on any atom is -0.329 e. The zero-order valence-corrected chi connectivity index (χ0v) is 17.6. The second-order valence-corrected chi connectivity index (χ2v) is 9.85. The molecule has 0 saturated carbocycles. The largest absolute Gasteiger partial charge is 0.471 e. The fourth-order valence-electron chi connectivity index (χ4n) is 2.50. The van der Waals surface area contributed by atoms with Crippen molar-refractivity contribution in [1.82, 2.24) is 24.6 Å². The van der Waals surface area contributed by atoms with E-state index in [4.69, 9.17) is 11.6 Å². The van der Waals surface area contributed by atoms with Crippen LogP contribution in [-0.4, -0.2) is 28.3 Å². The molecule has 31 heavy (non-hydrogen) atoms. The summed E-state index contributed by atoms with van der Waals surface area (Å²) in [5.74, 6) is -1.61. The number of nitrogens with zero attached hydrogens (tertiary/aromatic N) is 4. The summed E-state index contributed by atoms with van der Waals surface area (Å²) in [5, 5.41) is 7.50. The van der Waals surface area contributed by atoms with Crippen LogP contribution >= 0.6 is 22.9 Å². The Balaban J connectivity index is 1.45. The van der Waals surface area contributed by atoms with Gasteiger partial charge < -0.3 is 4.52 Å². The number of hydrogen-bond acceptors (Lipinski definition) is 7. The number of rotatable bonds is 6. The quantitative estimate of drug-likeness (QED) is 0.437. The van der Waals surface area contributed by atoms with Crippen LogP contribution in [0.2, 0.25) is 4.34 Å². The molecule has 0 aliphatic heterocycles. The van der Waals surface area contributed by atoms with Gasteiger partial charge in [-0.25, -0.2) is 17.8 Å². The first kappa shape index (κ1) is 21.5. The molecule has 0 radical (unpaired) electrons. The van der Waals surface area contributed by atoms with Gasteiger partial charge in [0.25, 0.3) is 0 Å². The van der Waals surface area contributed by atoms with Gasteiger partial charge in [0.15, 0.2) is 0 Å². The van der Waals surface area contributed by atoms with Crippen LogP contribution in [0.15, 0.2) is 57.5 Å². The van der Waals surface area contributed by atoms with Crippen molar-refractivity contribution in [2.75, 3.05) is 0 Å². The molecule has 14 heteroatoms. The van der Waals surface area contributed by atoms with Gasteiger partial charge in [-0.05, 0) is 36.4 Å². The molecular weight excluding hydrogens is 479 g/mol. The van der Waals surface area contributed by atoms with E-state index >= 15 is 0 Å². The number of sulfonamides is 1. The summed E-state index contributed by atoms with van der Waals surface area (Å²) < 4.78 is 70.9. The molecule has 0 aliphatic rings. The number of benzene rings is 1. The van der Waals surface area contributed by atoms with Crippen LogP contribution in [0.3, 0.4) is 0 Å². The summed E-state index contributed by atoms with van der Waals surface area (Å²) in [6.45, 7) is 0.0129. The summed E-state index contributed by atoms with van der Waals surface area (Å²) >= 11 is 6.73. The van der Waals surface area contributed by atoms with E-state index in [9.17, 15) is 21.6 Å². The molecule has 0 aliphatic carbocycles. The van der Waals surface area contributed by atoms with Crippen LogP contribution in [0.1, 0.15) is 11.5 Å². The fourth-order valence-corrected chi connectivity index (χ4v) is 5.05. The van der Waals surface area contributed by atoms with E-state index in [0.717, 1.165) is 11.3 Å². The number of halogens is 4. The highest BCUT2D eigenvalue weighted by atomic mass is 35.5. The van der Waals surface area contributed by atoms with Crippen molar-refractivity contribution in [2.24, 2.45) is 0 Å². The van der Waals surface area contributed by atoms with Gasteiger partial charge in [0.2, 0.25) is 15.8 Å². The zero-order chi connectivity index (χ0) is 22.2. The molecule has 3 heterocycles. The second kappa shape index (κ2) is 8.07. The summed E-state index contributed by atoms with van der Waals surface area (Å²) in [6, 6.07) is 9.17. The summed E-state index contributed by atoms with van der Waals surface area (Å²) in [4.78, 5) is 3.33. The van der Waals surface area contributed by atoms with E-state index in [1.54, 1.807) is 18.3 Å². The topological polar surface area (TPSA) is 103 Å². The molecule has 1 aromatic carbocycles.